The number of hydrogen-bond acceptors (Lipinski definition) is 8. The van der Waals surface area contributed by atoms with Gasteiger partial charge in [0, 0.05) is 56.4 Å². The number of nitrogens with zero attached hydrogens (tertiary/aromatic N) is 5. The van der Waals surface area contributed by atoms with Crippen LogP contribution < -0.4 is 20.3 Å². The second kappa shape index (κ2) is 12.6. The van der Waals surface area contributed by atoms with Gasteiger partial charge in [-0.3, -0.25) is 9.78 Å². The fraction of sp³-hybridized carbons (Fsp3) is 0.320. The average Bonchev–Trinajstić information content (AvgIpc) is 2.91. The zero-order valence-corrected chi connectivity index (χ0v) is 22.1. The maximum Gasteiger partial charge on any atom is 0.322 e. The maximum atomic E-state index is 12.9. The number of amides is 3. The van der Waals surface area contributed by atoms with Crippen molar-refractivity contribution in [2.24, 2.45) is 0 Å². The molecule has 0 spiro atoms. The van der Waals surface area contributed by atoms with Crippen molar-refractivity contribution in [2.45, 2.75) is 24.7 Å². The first-order chi connectivity index (χ1) is 17.9. The molecule has 1 atom stereocenters. The Morgan fingerprint density at radius 1 is 1.14 bits per heavy atom. The van der Waals surface area contributed by atoms with Gasteiger partial charge in [0.05, 0.1) is 12.9 Å². The zero-order chi connectivity index (χ0) is 26.2. The highest BCUT2D eigenvalue weighted by Crippen LogP contribution is 2.24. The van der Waals surface area contributed by atoms with E-state index in [9.17, 15) is 9.59 Å². The number of ether oxygens (including phenoxy) is 1. The minimum Gasteiger partial charge on any atom is -0.497 e. The van der Waals surface area contributed by atoms with Crippen LogP contribution in [0.15, 0.2) is 60.0 Å². The van der Waals surface area contributed by atoms with E-state index < -0.39 is 0 Å². The van der Waals surface area contributed by atoms with Crippen LogP contribution in [-0.4, -0.2) is 70.3 Å². The Labute approximate surface area is 224 Å². The standard InChI is InChI=1S/C25H28ClN7O3S/c1-17-15-32(11-12-33(17)25(35)29-19-3-5-20(36-2)6-4-19)22-13-21(26)30-24(31-22)37-16-23(34)28-14-18-7-9-27-10-8-18/h3-10,13,17H,11-12,14-16H2,1-2H3,(H,28,34)(H,29,35). The number of pyridine rings is 1. The lowest BCUT2D eigenvalue weighted by atomic mass is 10.2. The van der Waals surface area contributed by atoms with Crippen LogP contribution in [0.25, 0.3) is 0 Å². The molecule has 37 heavy (non-hydrogen) atoms. The minimum absolute atomic E-state index is 0.0594. The molecule has 1 fully saturated rings. The predicted octanol–water partition coefficient (Wildman–Crippen LogP) is 3.68. The number of halogens is 1. The van der Waals surface area contributed by atoms with Crippen LogP contribution >= 0.6 is 23.4 Å². The highest BCUT2D eigenvalue weighted by atomic mass is 35.5. The number of nitrogens with one attached hydrogen (secondary N) is 2. The topological polar surface area (TPSA) is 113 Å². The zero-order valence-electron chi connectivity index (χ0n) is 20.6. The van der Waals surface area contributed by atoms with E-state index in [-0.39, 0.29) is 23.7 Å². The average molecular weight is 542 g/mol. The molecule has 0 aliphatic carbocycles. The summed E-state index contributed by atoms with van der Waals surface area (Å²) in [5.74, 6) is 1.44. The fourth-order valence-electron chi connectivity index (χ4n) is 3.83. The molecule has 2 aromatic heterocycles. The summed E-state index contributed by atoms with van der Waals surface area (Å²) in [4.78, 5) is 41.8. The van der Waals surface area contributed by atoms with Crippen molar-refractivity contribution in [3.63, 3.8) is 0 Å². The smallest absolute Gasteiger partial charge is 0.322 e. The molecule has 12 heteroatoms. The van der Waals surface area contributed by atoms with Gasteiger partial charge in [-0.05, 0) is 48.9 Å². The SMILES string of the molecule is COc1ccc(NC(=O)N2CCN(c3cc(Cl)nc(SCC(=O)NCc4ccncc4)n3)CC2C)cc1. The third kappa shape index (κ3) is 7.46. The summed E-state index contributed by atoms with van der Waals surface area (Å²) in [6, 6.07) is 12.4. The number of aromatic nitrogens is 3. The molecular weight excluding hydrogens is 514 g/mol. The van der Waals surface area contributed by atoms with Crippen molar-refractivity contribution in [3.8, 4) is 5.75 Å². The number of carbonyl (C=O) groups excluding carboxylic acids is 2. The van der Waals surface area contributed by atoms with Gasteiger partial charge in [-0.1, -0.05) is 23.4 Å². The second-order valence-electron chi connectivity index (χ2n) is 8.40. The molecule has 1 aromatic carbocycles. The van der Waals surface area contributed by atoms with E-state index in [0.29, 0.717) is 48.0 Å². The van der Waals surface area contributed by atoms with Gasteiger partial charge in [-0.25, -0.2) is 14.8 Å². The molecule has 194 valence electrons. The summed E-state index contributed by atoms with van der Waals surface area (Å²) < 4.78 is 5.16. The molecule has 0 bridgehead atoms. The molecule has 4 rings (SSSR count). The van der Waals surface area contributed by atoms with Gasteiger partial charge < -0.3 is 25.2 Å². The van der Waals surface area contributed by atoms with E-state index in [1.54, 1.807) is 54.7 Å². The molecule has 3 amide bonds. The van der Waals surface area contributed by atoms with Gasteiger partial charge in [-0.2, -0.15) is 0 Å². The van der Waals surface area contributed by atoms with Crippen LogP contribution in [0.3, 0.4) is 0 Å². The van der Waals surface area contributed by atoms with Gasteiger partial charge >= 0.3 is 6.03 Å². The van der Waals surface area contributed by atoms with E-state index >= 15 is 0 Å². The Hall–Kier alpha value is -3.57. The van der Waals surface area contributed by atoms with Gasteiger partial charge in [0.25, 0.3) is 0 Å². The van der Waals surface area contributed by atoms with Crippen LogP contribution in [0.5, 0.6) is 5.75 Å². The van der Waals surface area contributed by atoms with Crippen LogP contribution in [0.2, 0.25) is 5.15 Å². The van der Waals surface area contributed by atoms with Gasteiger partial charge in [0.1, 0.15) is 16.7 Å². The predicted molar refractivity (Wildman–Crippen MR) is 144 cm³/mol. The summed E-state index contributed by atoms with van der Waals surface area (Å²) in [6.07, 6.45) is 3.37. The number of anilines is 2. The Kier molecular flexibility index (Phi) is 9.02. The number of urea groups is 1. The van der Waals surface area contributed by atoms with Gasteiger partial charge in [-0.15, -0.1) is 0 Å². The first-order valence-electron chi connectivity index (χ1n) is 11.7. The van der Waals surface area contributed by atoms with E-state index in [2.05, 4.69) is 30.5 Å². The Balaban J connectivity index is 1.30. The largest absolute Gasteiger partial charge is 0.497 e. The molecule has 10 nitrogen and oxygen atoms in total. The maximum absolute atomic E-state index is 12.9. The van der Waals surface area contributed by atoms with E-state index in [1.807, 2.05) is 19.1 Å². The van der Waals surface area contributed by atoms with Gasteiger partial charge in [0.15, 0.2) is 5.16 Å². The monoisotopic (exact) mass is 541 g/mol. The molecule has 2 N–H and O–H groups in total. The molecule has 3 aromatic rings. The molecule has 0 saturated carbocycles. The third-order valence-electron chi connectivity index (χ3n) is 5.79. The number of piperazine rings is 1. The number of carbonyl (C=O) groups is 2. The summed E-state index contributed by atoms with van der Waals surface area (Å²) in [6.45, 7) is 4.11. The Morgan fingerprint density at radius 2 is 1.89 bits per heavy atom. The highest BCUT2D eigenvalue weighted by molar-refractivity contribution is 7.99. The summed E-state index contributed by atoms with van der Waals surface area (Å²) >= 11 is 7.50. The fourth-order valence-corrected chi connectivity index (χ4v) is 4.74. The number of methoxy groups -OCH3 is 1. The number of thioether (sulfide) groups is 1. The van der Waals surface area contributed by atoms with Crippen LogP contribution in [0, 0.1) is 0 Å². The normalized spacial score (nSPS) is 15.3. The number of hydrogen-bond donors (Lipinski definition) is 2. The first kappa shape index (κ1) is 26.5. The van der Waals surface area contributed by atoms with E-state index in [4.69, 9.17) is 16.3 Å². The third-order valence-corrected chi connectivity index (χ3v) is 6.83. The van der Waals surface area contributed by atoms with E-state index in [1.165, 1.54) is 11.8 Å². The first-order valence-corrected chi connectivity index (χ1v) is 13.1. The van der Waals surface area contributed by atoms with Crippen molar-refractivity contribution >= 4 is 46.8 Å². The summed E-state index contributed by atoms with van der Waals surface area (Å²) in [5, 5.41) is 6.53. The second-order valence-corrected chi connectivity index (χ2v) is 9.73. The summed E-state index contributed by atoms with van der Waals surface area (Å²) in [5.41, 5.74) is 1.68. The lowest BCUT2D eigenvalue weighted by Crippen LogP contribution is -2.55. The molecule has 0 radical (unpaired) electrons. The van der Waals surface area contributed by atoms with Crippen LogP contribution in [0.1, 0.15) is 12.5 Å². The molecule has 1 unspecified atom stereocenters. The number of rotatable bonds is 8. The van der Waals surface area contributed by atoms with Crippen molar-refractivity contribution in [1.29, 1.82) is 0 Å². The number of benzene rings is 1. The molecule has 1 aliphatic heterocycles. The molecule has 1 aliphatic rings. The molecular formula is C25H28ClN7O3S. The quantitative estimate of drug-likeness (QED) is 0.252. The van der Waals surface area contributed by atoms with Crippen LogP contribution in [-0.2, 0) is 11.3 Å². The van der Waals surface area contributed by atoms with Crippen molar-refractivity contribution < 1.29 is 14.3 Å². The van der Waals surface area contributed by atoms with Crippen molar-refractivity contribution in [1.82, 2.24) is 25.2 Å². The molecule has 3 heterocycles. The van der Waals surface area contributed by atoms with Crippen molar-refractivity contribution in [3.05, 3.63) is 65.6 Å². The Bertz CT molecular complexity index is 1220. The Morgan fingerprint density at radius 3 is 2.59 bits per heavy atom. The lowest BCUT2D eigenvalue weighted by Gasteiger charge is -2.40. The van der Waals surface area contributed by atoms with Crippen LogP contribution in [0.4, 0.5) is 16.3 Å². The minimum atomic E-state index is -0.160. The van der Waals surface area contributed by atoms with Crippen molar-refractivity contribution in [2.75, 3.05) is 42.7 Å². The van der Waals surface area contributed by atoms with Gasteiger partial charge in [0.2, 0.25) is 5.91 Å². The molecule has 1 saturated heterocycles. The van der Waals surface area contributed by atoms with E-state index in [0.717, 1.165) is 11.3 Å². The lowest BCUT2D eigenvalue weighted by molar-refractivity contribution is -0.118. The highest BCUT2D eigenvalue weighted by Gasteiger charge is 2.28. The summed E-state index contributed by atoms with van der Waals surface area (Å²) in [7, 11) is 1.60.